The van der Waals surface area contributed by atoms with Crippen molar-refractivity contribution in [2.75, 3.05) is 23.9 Å². The van der Waals surface area contributed by atoms with E-state index < -0.39 is 55.6 Å². The Balaban J connectivity index is 0. The fourth-order valence-electron chi connectivity index (χ4n) is 2.86. The van der Waals surface area contributed by atoms with Crippen LogP contribution in [0.5, 0.6) is 0 Å². The Morgan fingerprint density at radius 1 is 0.800 bits per heavy atom. The maximum absolute atomic E-state index is 11.3. The minimum absolute atomic E-state index is 0. The molecule has 2 rings (SSSR count). The summed E-state index contributed by atoms with van der Waals surface area (Å²) < 4.78 is 41.4. The van der Waals surface area contributed by atoms with Crippen molar-refractivity contribution < 1.29 is 107 Å². The Hall–Kier alpha value is -1.06. The quantitative estimate of drug-likeness (QED) is 0.149. The Bertz CT molecular complexity index is 1220. The van der Waals surface area contributed by atoms with Gasteiger partial charge < -0.3 is 40.6 Å². The first-order valence-corrected chi connectivity index (χ1v) is 13.3. The number of hydrogen-bond acceptors (Lipinski definition) is 10. The summed E-state index contributed by atoms with van der Waals surface area (Å²) >= 11 is 2.17. The molecule has 2 aromatic rings. The summed E-state index contributed by atoms with van der Waals surface area (Å²) in [6, 6.07) is 14.9. The van der Waals surface area contributed by atoms with Crippen molar-refractivity contribution in [3.63, 3.8) is 0 Å². The average molecular weight is 617 g/mol. The number of rotatable bonds is 14. The smallest absolute Gasteiger partial charge is 0.548 e. The third-order valence-corrected chi connectivity index (χ3v) is 7.20. The van der Waals surface area contributed by atoms with Crippen LogP contribution in [0.1, 0.15) is 44.4 Å². The number of nitrogens with one attached hydrogen (secondary N) is 2. The van der Waals surface area contributed by atoms with Crippen LogP contribution in [0.2, 0.25) is 0 Å². The molecule has 0 saturated carbocycles. The third-order valence-electron chi connectivity index (χ3n) is 4.73. The number of aliphatic carboxylic acids is 2. The fourth-order valence-corrected chi connectivity index (χ4v) is 4.96. The average Bonchev–Trinajstić information content (AvgIpc) is 2.96. The van der Waals surface area contributed by atoms with Gasteiger partial charge in [0.25, 0.3) is 0 Å². The Kier molecular flexibility index (Phi) is 17.9. The van der Waals surface area contributed by atoms with Crippen molar-refractivity contribution in [3.8, 4) is 0 Å². The first kappa shape index (κ1) is 30.4. The largest absolute Gasteiger partial charge is 1.00 e. The van der Waals surface area contributed by atoms with Crippen LogP contribution in [0.4, 0.5) is 0 Å². The van der Waals surface area contributed by atoms with E-state index >= 15 is 0 Å². The molecule has 2 unspecified atom stereocenters. The number of benzene rings is 2. The molecule has 0 aliphatic rings. The fraction of sp³-hybridized carbons (Fsp3) is 0.385. The Morgan fingerprint density at radius 2 is 1.25 bits per heavy atom. The van der Waals surface area contributed by atoms with Crippen LogP contribution in [-0.2, 0) is 19.2 Å². The second kappa shape index (κ2) is 23.5. The molecule has 40 heavy (non-hydrogen) atoms. The third kappa shape index (κ3) is 17.7. The van der Waals surface area contributed by atoms with E-state index in [1.807, 2.05) is 16.7 Å². The van der Waals surface area contributed by atoms with Crippen molar-refractivity contribution in [2.24, 2.45) is 0 Å². The van der Waals surface area contributed by atoms with Crippen LogP contribution >= 0.6 is 23.5 Å². The molecule has 0 aromatic heterocycles. The molecule has 208 valence electrons. The molecular formula is C26H32N2Na2O8S2. The second-order valence-corrected chi connectivity index (χ2v) is 9.88. The minimum Gasteiger partial charge on any atom is -0.548 e. The molecule has 0 aliphatic heterocycles. The van der Waals surface area contributed by atoms with Crippen LogP contribution in [0.3, 0.4) is 0 Å². The second-order valence-electron chi connectivity index (χ2n) is 7.57. The van der Waals surface area contributed by atoms with Crippen molar-refractivity contribution in [1.82, 2.24) is 10.6 Å². The van der Waals surface area contributed by atoms with Gasteiger partial charge in [-0.15, -0.1) is 11.8 Å². The molecule has 10 nitrogen and oxygen atoms in total. The Labute approximate surface area is 295 Å². The van der Waals surface area contributed by atoms with E-state index in [1.54, 1.807) is 54.6 Å². The number of amides is 2. The number of carbonyl (C=O) groups excluding carboxylic acids is 4. The van der Waals surface area contributed by atoms with Gasteiger partial charge in [-0.2, -0.15) is 11.8 Å². The van der Waals surface area contributed by atoms with Crippen molar-refractivity contribution in [1.29, 1.82) is 0 Å². The van der Waals surface area contributed by atoms with Crippen LogP contribution in [0.15, 0.2) is 60.7 Å². The van der Waals surface area contributed by atoms with Gasteiger partial charge in [-0.25, -0.2) is 0 Å². The van der Waals surface area contributed by atoms with Gasteiger partial charge in [-0.05, 0) is 11.1 Å². The van der Waals surface area contributed by atoms with E-state index in [0.29, 0.717) is 5.56 Å². The first-order valence-electron chi connectivity index (χ1n) is 14.1. The summed E-state index contributed by atoms with van der Waals surface area (Å²) in [5.41, 5.74) is 1.49. The number of hydrogen-bond donors (Lipinski definition) is 4. The normalized spacial score (nSPS) is 15.8. The predicted molar refractivity (Wildman–Crippen MR) is 143 cm³/mol. The summed E-state index contributed by atoms with van der Waals surface area (Å²) in [4.78, 5) is 44.6. The number of carboxylic acids is 2. The number of carboxylic acid groups (broad SMARTS) is 2. The molecule has 0 fully saturated rings. The molecule has 0 bridgehead atoms. The van der Waals surface area contributed by atoms with E-state index in [2.05, 4.69) is 0 Å². The number of aliphatic hydroxyl groups excluding tert-OH is 2. The van der Waals surface area contributed by atoms with E-state index in [-0.39, 0.29) is 88.2 Å². The maximum atomic E-state index is 11.3. The standard InChI is InChI=1S/2C13H17NO4S.2Na/c1-9(16)14-11(13(17)18)8-19-12(7-15)10-5-3-2-4-6-10;1-9(15)14-11(13(17)18)7-19-8-12(16)10-5-3-2-4-6-10;;/h2-6,11-12,15H,7-8H2,1H3,(H,14,16)(H,17,18);2-6,11-12,16H,7-8H2,1H3,(H,14,15)(H,17,18);;/q;;2*+1/p-2/t2*11-,12?;;/m00../s1/i2*1D3;;. The van der Waals surface area contributed by atoms with Crippen LogP contribution in [0, 0.1) is 0 Å². The van der Waals surface area contributed by atoms with Crippen LogP contribution in [0.25, 0.3) is 0 Å². The van der Waals surface area contributed by atoms with E-state index in [1.165, 1.54) is 0 Å². The molecule has 0 saturated heterocycles. The Morgan fingerprint density at radius 3 is 1.68 bits per heavy atom. The monoisotopic (exact) mass is 616 g/mol. The zero-order valence-corrected chi connectivity index (χ0v) is 27.7. The van der Waals surface area contributed by atoms with Gasteiger partial charge >= 0.3 is 59.1 Å². The molecule has 14 heteroatoms. The number of thioether (sulfide) groups is 2. The van der Waals surface area contributed by atoms with E-state index in [9.17, 15) is 39.6 Å². The zero-order chi connectivity index (χ0) is 33.5. The van der Waals surface area contributed by atoms with Crippen molar-refractivity contribution in [3.05, 3.63) is 71.8 Å². The van der Waals surface area contributed by atoms with Crippen molar-refractivity contribution >= 4 is 47.3 Å². The molecule has 0 spiro atoms. The van der Waals surface area contributed by atoms with Gasteiger partial charge in [-0.1, -0.05) is 60.7 Å². The predicted octanol–water partition coefficient (Wildman–Crippen LogP) is -6.58. The summed E-state index contributed by atoms with van der Waals surface area (Å²) in [6.45, 7) is -6.06. The minimum atomic E-state index is -2.92. The summed E-state index contributed by atoms with van der Waals surface area (Å²) in [5, 5.41) is 44.7. The first-order chi connectivity index (χ1) is 20.5. The topological polar surface area (TPSA) is 179 Å². The van der Waals surface area contributed by atoms with Crippen LogP contribution < -0.4 is 80.0 Å². The van der Waals surface area contributed by atoms with Gasteiger partial charge in [0.2, 0.25) is 11.8 Å². The summed E-state index contributed by atoms with van der Waals surface area (Å²) in [5.74, 6) is -5.85. The van der Waals surface area contributed by atoms with Gasteiger partial charge in [0.15, 0.2) is 0 Å². The van der Waals surface area contributed by atoms with Crippen LogP contribution in [-0.4, -0.2) is 69.9 Å². The molecule has 2 aromatic carbocycles. The molecule has 0 radical (unpaired) electrons. The SMILES string of the molecule is [2H]C([2H])([2H])C(=O)N[C@@H](CSC(CO)c1ccccc1)C(=O)[O-].[2H]C([2H])([2H])C(=O)N[C@@H](CSCC(O)c1ccccc1)C(=O)[O-].[Na+].[Na+]. The summed E-state index contributed by atoms with van der Waals surface area (Å²) in [7, 11) is 0. The molecule has 4 N–H and O–H groups in total. The maximum Gasteiger partial charge on any atom is 1.00 e. The zero-order valence-electron chi connectivity index (χ0n) is 28.1. The van der Waals surface area contributed by atoms with Gasteiger partial charge in [0.05, 0.1) is 42.0 Å². The molecule has 0 aliphatic carbocycles. The van der Waals surface area contributed by atoms with Gasteiger partial charge in [-0.3, -0.25) is 9.59 Å². The van der Waals surface area contributed by atoms with E-state index in [4.69, 9.17) is 8.22 Å². The van der Waals surface area contributed by atoms with E-state index in [0.717, 1.165) is 29.1 Å². The number of carbonyl (C=O) groups is 4. The molecule has 4 atom stereocenters. The van der Waals surface area contributed by atoms with Gasteiger partial charge in [0.1, 0.15) is 0 Å². The van der Waals surface area contributed by atoms with Gasteiger partial charge in [0, 0.05) is 39.2 Å². The summed E-state index contributed by atoms with van der Waals surface area (Å²) in [6.07, 6.45) is -0.785. The number of aliphatic hydroxyl groups is 2. The molecule has 0 heterocycles. The molecule has 2 amide bonds. The van der Waals surface area contributed by atoms with Crippen molar-refractivity contribution in [2.45, 2.75) is 37.1 Å². The molecular weight excluding hydrogens is 578 g/mol.